The van der Waals surface area contributed by atoms with Crippen molar-refractivity contribution >= 4 is 5.97 Å². The minimum absolute atomic E-state index is 0.193. The van der Waals surface area contributed by atoms with Crippen molar-refractivity contribution in [1.29, 1.82) is 0 Å². The highest BCUT2D eigenvalue weighted by molar-refractivity contribution is 5.69. The van der Waals surface area contributed by atoms with Crippen LogP contribution in [0.2, 0.25) is 0 Å². The van der Waals surface area contributed by atoms with Crippen LogP contribution in [0.1, 0.15) is 57.1 Å². The predicted octanol–water partition coefficient (Wildman–Crippen LogP) is 5.16. The molecule has 2 aromatic heterocycles. The van der Waals surface area contributed by atoms with Gasteiger partial charge in [-0.3, -0.25) is 4.79 Å². The normalized spacial score (nSPS) is 13.6. The summed E-state index contributed by atoms with van der Waals surface area (Å²) in [4.78, 5) is 20.5. The van der Waals surface area contributed by atoms with Gasteiger partial charge in [0.05, 0.1) is 19.6 Å². The number of pyridine rings is 1. The SMILES string of the molecule is CCOC(=O)CCNCCOc1ccc(-c2noc(-c3cccnc3OCC3CCCC3)n2)c(C)c1CC. The lowest BCUT2D eigenvalue weighted by Gasteiger charge is -2.15. The van der Waals surface area contributed by atoms with Gasteiger partial charge in [-0.1, -0.05) is 24.9 Å². The monoisotopic (exact) mass is 522 g/mol. The van der Waals surface area contributed by atoms with E-state index in [4.69, 9.17) is 23.7 Å². The average molecular weight is 523 g/mol. The van der Waals surface area contributed by atoms with E-state index in [9.17, 15) is 4.79 Å². The van der Waals surface area contributed by atoms with Crippen molar-refractivity contribution < 1.29 is 23.5 Å². The minimum atomic E-state index is -0.193. The Morgan fingerprint density at radius 2 is 1.95 bits per heavy atom. The molecule has 0 atom stereocenters. The molecule has 4 rings (SSSR count). The molecular formula is C29H38N4O5. The maximum Gasteiger partial charge on any atom is 0.307 e. The number of nitrogens with zero attached hydrogens (tertiary/aromatic N) is 3. The first-order valence-corrected chi connectivity index (χ1v) is 13.6. The van der Waals surface area contributed by atoms with Crippen molar-refractivity contribution in [3.05, 3.63) is 41.6 Å². The van der Waals surface area contributed by atoms with E-state index < -0.39 is 0 Å². The molecular weight excluding hydrogens is 484 g/mol. The zero-order valence-corrected chi connectivity index (χ0v) is 22.6. The molecule has 3 aromatic rings. The molecule has 0 aliphatic heterocycles. The van der Waals surface area contributed by atoms with Crippen LogP contribution in [-0.2, 0) is 16.0 Å². The average Bonchev–Trinajstić information content (AvgIpc) is 3.63. The number of rotatable bonds is 14. The van der Waals surface area contributed by atoms with Gasteiger partial charge >= 0.3 is 5.97 Å². The molecule has 38 heavy (non-hydrogen) atoms. The van der Waals surface area contributed by atoms with Gasteiger partial charge in [-0.15, -0.1) is 0 Å². The van der Waals surface area contributed by atoms with Gasteiger partial charge in [0.25, 0.3) is 5.89 Å². The first kappa shape index (κ1) is 27.6. The van der Waals surface area contributed by atoms with Crippen LogP contribution < -0.4 is 14.8 Å². The van der Waals surface area contributed by atoms with Gasteiger partial charge in [0.1, 0.15) is 17.9 Å². The van der Waals surface area contributed by atoms with Crippen molar-refractivity contribution in [3.8, 4) is 34.5 Å². The number of ether oxygens (including phenoxy) is 3. The highest BCUT2D eigenvalue weighted by atomic mass is 16.5. The van der Waals surface area contributed by atoms with Crippen LogP contribution in [0.5, 0.6) is 11.6 Å². The number of carbonyl (C=O) groups excluding carboxylic acids is 1. The van der Waals surface area contributed by atoms with Gasteiger partial charge < -0.3 is 24.1 Å². The Kier molecular flexibility index (Phi) is 10.1. The molecule has 0 bridgehead atoms. The van der Waals surface area contributed by atoms with Crippen molar-refractivity contribution in [2.24, 2.45) is 5.92 Å². The minimum Gasteiger partial charge on any atom is -0.492 e. The van der Waals surface area contributed by atoms with Crippen LogP contribution in [0.25, 0.3) is 22.8 Å². The summed E-state index contributed by atoms with van der Waals surface area (Å²) >= 11 is 0. The zero-order valence-electron chi connectivity index (χ0n) is 22.6. The summed E-state index contributed by atoms with van der Waals surface area (Å²) in [5.74, 6) is 2.66. The van der Waals surface area contributed by atoms with Crippen LogP contribution >= 0.6 is 0 Å². The lowest BCUT2D eigenvalue weighted by molar-refractivity contribution is -0.142. The van der Waals surface area contributed by atoms with Gasteiger partial charge in [0, 0.05) is 24.8 Å². The molecule has 9 heteroatoms. The lowest BCUT2D eigenvalue weighted by atomic mass is 9.99. The topological polar surface area (TPSA) is 109 Å². The molecule has 1 saturated carbocycles. The van der Waals surface area contributed by atoms with E-state index in [0.717, 1.165) is 28.9 Å². The van der Waals surface area contributed by atoms with Crippen molar-refractivity contribution in [1.82, 2.24) is 20.4 Å². The molecule has 0 amide bonds. The Morgan fingerprint density at radius 1 is 1.11 bits per heavy atom. The van der Waals surface area contributed by atoms with E-state index >= 15 is 0 Å². The van der Waals surface area contributed by atoms with E-state index in [0.29, 0.717) is 68.4 Å². The van der Waals surface area contributed by atoms with Crippen LogP contribution in [-0.4, -0.2) is 54.0 Å². The number of carbonyl (C=O) groups is 1. The Hall–Kier alpha value is -3.46. The fourth-order valence-electron chi connectivity index (χ4n) is 4.82. The second-order valence-corrected chi connectivity index (χ2v) is 9.46. The smallest absolute Gasteiger partial charge is 0.307 e. The molecule has 9 nitrogen and oxygen atoms in total. The van der Waals surface area contributed by atoms with Gasteiger partial charge in [-0.25, -0.2) is 4.98 Å². The Bertz CT molecular complexity index is 1190. The molecule has 0 unspecified atom stereocenters. The first-order valence-electron chi connectivity index (χ1n) is 13.6. The summed E-state index contributed by atoms with van der Waals surface area (Å²) in [5.41, 5.74) is 3.75. The Balaban J connectivity index is 1.40. The third-order valence-electron chi connectivity index (χ3n) is 6.86. The Morgan fingerprint density at radius 3 is 2.74 bits per heavy atom. The molecule has 204 valence electrons. The summed E-state index contributed by atoms with van der Waals surface area (Å²) < 4.78 is 22.7. The van der Waals surface area contributed by atoms with Gasteiger partial charge in [-0.2, -0.15) is 4.98 Å². The van der Waals surface area contributed by atoms with Crippen LogP contribution in [0.4, 0.5) is 0 Å². The number of hydrogen-bond donors (Lipinski definition) is 1. The summed E-state index contributed by atoms with van der Waals surface area (Å²) in [7, 11) is 0. The van der Waals surface area contributed by atoms with E-state index in [1.165, 1.54) is 25.7 Å². The Labute approximate surface area is 224 Å². The quantitative estimate of drug-likeness (QED) is 0.227. The number of hydrogen-bond acceptors (Lipinski definition) is 9. The largest absolute Gasteiger partial charge is 0.492 e. The molecule has 0 saturated heterocycles. The van der Waals surface area contributed by atoms with E-state index in [1.54, 1.807) is 13.1 Å². The van der Waals surface area contributed by atoms with Gasteiger partial charge in [0.2, 0.25) is 11.7 Å². The number of nitrogens with one attached hydrogen (secondary N) is 1. The fraction of sp³-hybridized carbons (Fsp3) is 0.517. The fourth-order valence-corrected chi connectivity index (χ4v) is 4.82. The van der Waals surface area contributed by atoms with Crippen LogP contribution in [0.15, 0.2) is 35.0 Å². The molecule has 1 N–H and O–H groups in total. The summed E-state index contributed by atoms with van der Waals surface area (Å²) in [6.07, 6.45) is 7.83. The highest BCUT2D eigenvalue weighted by Gasteiger charge is 2.21. The third-order valence-corrected chi connectivity index (χ3v) is 6.86. The zero-order chi connectivity index (χ0) is 26.7. The first-order chi connectivity index (χ1) is 18.6. The van der Waals surface area contributed by atoms with Gasteiger partial charge in [-0.05, 0) is 74.4 Å². The predicted molar refractivity (Wildman–Crippen MR) is 144 cm³/mol. The number of benzene rings is 1. The second kappa shape index (κ2) is 13.9. The molecule has 1 fully saturated rings. The maximum atomic E-state index is 11.4. The maximum absolute atomic E-state index is 11.4. The summed E-state index contributed by atoms with van der Waals surface area (Å²) in [5, 5.41) is 7.48. The molecule has 1 aliphatic carbocycles. The molecule has 2 heterocycles. The third kappa shape index (κ3) is 7.10. The van der Waals surface area contributed by atoms with Crippen LogP contribution in [0, 0.1) is 12.8 Å². The van der Waals surface area contributed by atoms with E-state index in [2.05, 4.69) is 29.3 Å². The molecule has 0 radical (unpaired) electrons. The van der Waals surface area contributed by atoms with Gasteiger partial charge in [0.15, 0.2) is 0 Å². The standard InChI is InChI=1S/C29H38N4O5/c1-4-22-20(3)23(12-13-25(22)36-18-17-30-16-14-26(34)35-5-2)27-32-29(38-33-27)24-11-8-15-31-28(24)37-19-21-9-6-7-10-21/h8,11-13,15,21,30H,4-7,9-10,14,16-19H2,1-3H3. The number of aromatic nitrogens is 3. The van der Waals surface area contributed by atoms with Crippen molar-refractivity contribution in [2.45, 2.75) is 59.3 Å². The highest BCUT2D eigenvalue weighted by Crippen LogP contribution is 2.34. The molecule has 0 spiro atoms. The molecule has 1 aromatic carbocycles. The molecule has 1 aliphatic rings. The second-order valence-electron chi connectivity index (χ2n) is 9.46. The van der Waals surface area contributed by atoms with E-state index in [1.807, 2.05) is 24.3 Å². The van der Waals surface area contributed by atoms with Crippen LogP contribution in [0.3, 0.4) is 0 Å². The van der Waals surface area contributed by atoms with E-state index in [-0.39, 0.29) is 5.97 Å². The lowest BCUT2D eigenvalue weighted by Crippen LogP contribution is -2.24. The van der Waals surface area contributed by atoms with Crippen molar-refractivity contribution in [2.75, 3.05) is 32.9 Å². The van der Waals surface area contributed by atoms with Crippen molar-refractivity contribution in [3.63, 3.8) is 0 Å². The summed E-state index contributed by atoms with van der Waals surface area (Å²) in [6.45, 7) is 8.70. The summed E-state index contributed by atoms with van der Waals surface area (Å²) in [6, 6.07) is 7.67. The number of esters is 1.